The van der Waals surface area contributed by atoms with Gasteiger partial charge in [0.25, 0.3) is 5.91 Å². The van der Waals surface area contributed by atoms with E-state index in [4.69, 9.17) is 16.3 Å². The summed E-state index contributed by atoms with van der Waals surface area (Å²) in [5.41, 5.74) is 2.17. The monoisotopic (exact) mass is 441 g/mol. The van der Waals surface area contributed by atoms with Crippen molar-refractivity contribution >= 4 is 23.2 Å². The van der Waals surface area contributed by atoms with Gasteiger partial charge in [-0.1, -0.05) is 29.8 Å². The summed E-state index contributed by atoms with van der Waals surface area (Å²) in [6, 6.07) is 13.7. The van der Waals surface area contributed by atoms with Crippen molar-refractivity contribution < 1.29 is 9.53 Å². The van der Waals surface area contributed by atoms with Crippen LogP contribution in [0.1, 0.15) is 10.4 Å². The smallest absolute Gasteiger partial charge is 0.255 e. The number of aromatic nitrogens is 4. The Kier molecular flexibility index (Phi) is 6.63. The van der Waals surface area contributed by atoms with E-state index in [1.54, 1.807) is 12.1 Å². The topological polar surface area (TPSA) is 88.4 Å². The van der Waals surface area contributed by atoms with Crippen molar-refractivity contribution in [2.45, 2.75) is 0 Å². The quantitative estimate of drug-likeness (QED) is 0.598. The number of ether oxygens (including phenoxy) is 1. The second-order valence-electron chi connectivity index (χ2n) is 7.18. The lowest BCUT2D eigenvalue weighted by atomic mass is 10.1. The number of rotatable bonds is 7. The van der Waals surface area contributed by atoms with Gasteiger partial charge in [-0.25, -0.2) is 0 Å². The van der Waals surface area contributed by atoms with Gasteiger partial charge >= 0.3 is 0 Å². The number of para-hydroxylation sites is 1. The Labute approximate surface area is 185 Å². The summed E-state index contributed by atoms with van der Waals surface area (Å²) in [7, 11) is 1.51. The zero-order chi connectivity index (χ0) is 21.6. The SMILES string of the molecule is COc1cc(-n2cnnn2)c(Cl)cc1C(=O)NCCN1CCN(c2ccccc2)CC1. The summed E-state index contributed by atoms with van der Waals surface area (Å²) < 4.78 is 6.81. The molecule has 2 aromatic carbocycles. The molecule has 1 saturated heterocycles. The number of anilines is 1. The first-order chi connectivity index (χ1) is 15.2. The molecule has 1 aliphatic heterocycles. The lowest BCUT2D eigenvalue weighted by Gasteiger charge is -2.36. The molecule has 9 nitrogen and oxygen atoms in total. The van der Waals surface area contributed by atoms with Gasteiger partial charge in [-0.05, 0) is 28.6 Å². The molecule has 4 rings (SSSR count). The van der Waals surface area contributed by atoms with Crippen molar-refractivity contribution in [2.24, 2.45) is 0 Å². The zero-order valence-electron chi connectivity index (χ0n) is 17.2. The zero-order valence-corrected chi connectivity index (χ0v) is 18.0. The first kappa shape index (κ1) is 21.1. The number of carbonyl (C=O) groups excluding carboxylic acids is 1. The molecule has 0 bridgehead atoms. The van der Waals surface area contributed by atoms with Crippen LogP contribution in [0.3, 0.4) is 0 Å². The minimum Gasteiger partial charge on any atom is -0.496 e. The van der Waals surface area contributed by atoms with Crippen LogP contribution >= 0.6 is 11.6 Å². The molecule has 1 N–H and O–H groups in total. The largest absolute Gasteiger partial charge is 0.496 e. The number of hydrogen-bond acceptors (Lipinski definition) is 7. The van der Waals surface area contributed by atoms with Gasteiger partial charge in [-0.2, -0.15) is 4.68 Å². The average molecular weight is 442 g/mol. The van der Waals surface area contributed by atoms with Crippen molar-refractivity contribution in [1.29, 1.82) is 0 Å². The normalized spacial score (nSPS) is 14.5. The van der Waals surface area contributed by atoms with Crippen LogP contribution in [0.5, 0.6) is 5.75 Å². The van der Waals surface area contributed by atoms with Crippen molar-refractivity contribution in [2.75, 3.05) is 51.3 Å². The summed E-state index contributed by atoms with van der Waals surface area (Å²) in [5.74, 6) is 0.175. The maximum Gasteiger partial charge on any atom is 0.255 e. The Morgan fingerprint density at radius 1 is 1.16 bits per heavy atom. The number of tetrazole rings is 1. The highest BCUT2D eigenvalue weighted by atomic mass is 35.5. The molecule has 0 saturated carbocycles. The Morgan fingerprint density at radius 3 is 2.61 bits per heavy atom. The highest BCUT2D eigenvalue weighted by Gasteiger charge is 2.19. The van der Waals surface area contributed by atoms with Crippen LogP contribution in [0.4, 0.5) is 5.69 Å². The highest BCUT2D eigenvalue weighted by molar-refractivity contribution is 6.33. The van der Waals surface area contributed by atoms with E-state index in [0.29, 0.717) is 28.6 Å². The Bertz CT molecular complexity index is 1010. The van der Waals surface area contributed by atoms with Crippen LogP contribution in [-0.2, 0) is 0 Å². The van der Waals surface area contributed by atoms with Crippen LogP contribution < -0.4 is 15.0 Å². The minimum absolute atomic E-state index is 0.232. The molecule has 0 radical (unpaired) electrons. The van der Waals surface area contributed by atoms with Gasteiger partial charge in [-0.15, -0.1) is 5.10 Å². The second kappa shape index (κ2) is 9.76. The van der Waals surface area contributed by atoms with Crippen molar-refractivity contribution in [3.05, 3.63) is 59.4 Å². The molecule has 0 spiro atoms. The van der Waals surface area contributed by atoms with Gasteiger partial charge in [0.1, 0.15) is 12.1 Å². The molecule has 0 unspecified atom stereocenters. The fraction of sp³-hybridized carbons (Fsp3) is 0.333. The van der Waals surface area contributed by atoms with Gasteiger partial charge in [-0.3, -0.25) is 9.69 Å². The number of methoxy groups -OCH3 is 1. The number of halogens is 1. The van der Waals surface area contributed by atoms with Gasteiger partial charge in [0.05, 0.1) is 23.4 Å². The fourth-order valence-corrected chi connectivity index (χ4v) is 3.88. The molecule has 2 heterocycles. The number of benzene rings is 2. The van der Waals surface area contributed by atoms with Gasteiger partial charge in [0.15, 0.2) is 0 Å². The number of hydrogen-bond donors (Lipinski definition) is 1. The van der Waals surface area contributed by atoms with Gasteiger partial charge < -0.3 is 15.0 Å². The number of carbonyl (C=O) groups is 1. The third-order valence-corrected chi connectivity index (χ3v) is 5.62. The van der Waals surface area contributed by atoms with Gasteiger partial charge in [0, 0.05) is 51.0 Å². The molecule has 3 aromatic rings. The third kappa shape index (κ3) is 4.95. The number of nitrogens with one attached hydrogen (secondary N) is 1. The predicted molar refractivity (Wildman–Crippen MR) is 118 cm³/mol. The van der Waals surface area contributed by atoms with Crippen molar-refractivity contribution in [3.8, 4) is 11.4 Å². The number of piperazine rings is 1. The Morgan fingerprint density at radius 2 is 1.94 bits per heavy atom. The standard InChI is InChI=1S/C21H24ClN7O2/c1-31-20-14-19(29-15-24-25-26-29)18(22)13-17(20)21(30)23-7-8-27-9-11-28(12-10-27)16-5-3-2-4-6-16/h2-6,13-15H,7-12H2,1H3,(H,23,30). The van der Waals surface area contributed by atoms with Crippen LogP contribution in [0.25, 0.3) is 5.69 Å². The van der Waals surface area contributed by atoms with E-state index >= 15 is 0 Å². The fourth-order valence-electron chi connectivity index (χ4n) is 3.63. The van der Waals surface area contributed by atoms with E-state index in [1.807, 2.05) is 6.07 Å². The average Bonchev–Trinajstić information content (AvgIpc) is 3.34. The molecule has 0 atom stereocenters. The van der Waals surface area contributed by atoms with Crippen LogP contribution in [-0.4, -0.2) is 77.4 Å². The van der Waals surface area contributed by atoms with E-state index in [1.165, 1.54) is 23.8 Å². The summed E-state index contributed by atoms with van der Waals surface area (Å²) in [6.45, 7) is 5.19. The molecule has 1 aromatic heterocycles. The molecule has 1 amide bonds. The maximum absolute atomic E-state index is 12.7. The minimum atomic E-state index is -0.232. The molecule has 0 aliphatic carbocycles. The molecule has 162 valence electrons. The van der Waals surface area contributed by atoms with Gasteiger partial charge in [0.2, 0.25) is 0 Å². The van der Waals surface area contributed by atoms with Crippen molar-refractivity contribution in [1.82, 2.24) is 30.4 Å². The number of nitrogens with zero attached hydrogens (tertiary/aromatic N) is 6. The summed E-state index contributed by atoms with van der Waals surface area (Å²) in [4.78, 5) is 17.5. The van der Waals surface area contributed by atoms with Crippen LogP contribution in [0.15, 0.2) is 48.8 Å². The Hall–Kier alpha value is -3.17. The van der Waals surface area contributed by atoms with E-state index in [2.05, 4.69) is 54.9 Å². The van der Waals surface area contributed by atoms with E-state index in [9.17, 15) is 4.79 Å². The molecular formula is C21H24ClN7O2. The first-order valence-electron chi connectivity index (χ1n) is 10.1. The lowest BCUT2D eigenvalue weighted by molar-refractivity contribution is 0.0944. The molecular weight excluding hydrogens is 418 g/mol. The molecule has 1 aliphatic rings. The molecule has 1 fully saturated rings. The van der Waals surface area contributed by atoms with Crippen molar-refractivity contribution in [3.63, 3.8) is 0 Å². The maximum atomic E-state index is 12.7. The summed E-state index contributed by atoms with van der Waals surface area (Å²) >= 11 is 6.35. The van der Waals surface area contributed by atoms with E-state index in [-0.39, 0.29) is 5.91 Å². The first-order valence-corrected chi connectivity index (χ1v) is 10.4. The number of amides is 1. The predicted octanol–water partition coefficient (Wildman–Crippen LogP) is 1.88. The second-order valence-corrected chi connectivity index (χ2v) is 7.59. The van der Waals surface area contributed by atoms with Crippen LogP contribution in [0, 0.1) is 0 Å². The van der Waals surface area contributed by atoms with E-state index < -0.39 is 0 Å². The highest BCUT2D eigenvalue weighted by Crippen LogP contribution is 2.29. The molecule has 10 heteroatoms. The van der Waals surface area contributed by atoms with Crippen LogP contribution in [0.2, 0.25) is 5.02 Å². The summed E-state index contributed by atoms with van der Waals surface area (Å²) in [5, 5.41) is 14.4. The molecule has 31 heavy (non-hydrogen) atoms. The van der Waals surface area contributed by atoms with E-state index in [0.717, 1.165) is 32.7 Å². The third-order valence-electron chi connectivity index (χ3n) is 5.32. The lowest BCUT2D eigenvalue weighted by Crippen LogP contribution is -2.48. The summed E-state index contributed by atoms with van der Waals surface area (Å²) in [6.07, 6.45) is 1.43. The Balaban J connectivity index is 1.31.